The van der Waals surface area contributed by atoms with Crippen LogP contribution in [0.25, 0.3) is 0 Å². The van der Waals surface area contributed by atoms with Crippen molar-refractivity contribution in [2.45, 2.75) is 13.8 Å². The van der Waals surface area contributed by atoms with Crippen LogP contribution in [0.3, 0.4) is 0 Å². The first-order valence-electron chi connectivity index (χ1n) is 7.34. The van der Waals surface area contributed by atoms with Crippen molar-refractivity contribution in [1.82, 2.24) is 5.43 Å². The molecule has 0 atom stereocenters. The molecule has 0 aliphatic heterocycles. The van der Waals surface area contributed by atoms with Crippen molar-refractivity contribution in [3.05, 3.63) is 71.3 Å². The van der Waals surface area contributed by atoms with E-state index in [0.717, 1.165) is 0 Å². The number of nitrogens with two attached hydrogens (primary N) is 3. The Morgan fingerprint density at radius 1 is 0.962 bits per heavy atom. The SMILES string of the molecule is CC(=O)c1ccccc1F.CCO.NN.NNC(=O)c1ccccc1F. The Balaban J connectivity index is 0. The molecule has 2 rings (SSSR count). The van der Waals surface area contributed by atoms with E-state index in [2.05, 4.69) is 11.7 Å². The zero-order valence-corrected chi connectivity index (χ0v) is 14.6. The molecule has 0 saturated heterocycles. The van der Waals surface area contributed by atoms with Crippen LogP contribution in [-0.4, -0.2) is 23.4 Å². The first kappa shape index (κ1) is 25.5. The van der Waals surface area contributed by atoms with E-state index in [4.69, 9.17) is 10.9 Å². The average molecular weight is 370 g/mol. The fourth-order valence-corrected chi connectivity index (χ4v) is 1.47. The summed E-state index contributed by atoms with van der Waals surface area (Å²) in [4.78, 5) is 21.4. The van der Waals surface area contributed by atoms with Crippen LogP contribution >= 0.6 is 0 Å². The number of ketones is 1. The number of aliphatic hydroxyl groups is 1. The number of aliphatic hydroxyl groups excluding tert-OH is 1. The zero-order chi connectivity index (χ0) is 20.5. The van der Waals surface area contributed by atoms with Crippen molar-refractivity contribution in [1.29, 1.82) is 0 Å². The molecule has 1 amide bonds. The molecule has 0 heterocycles. The van der Waals surface area contributed by atoms with Gasteiger partial charge in [0.1, 0.15) is 11.6 Å². The Hall–Kier alpha value is -2.72. The number of Topliss-reactive ketones (excluding diaryl/α,β-unsaturated/α-hetero) is 1. The molecule has 0 spiro atoms. The molecule has 8 N–H and O–H groups in total. The number of rotatable bonds is 2. The number of benzene rings is 2. The van der Waals surface area contributed by atoms with Gasteiger partial charge in [-0.3, -0.25) is 26.7 Å². The first-order chi connectivity index (χ1) is 12.4. The Morgan fingerprint density at radius 2 is 1.31 bits per heavy atom. The number of carbonyl (C=O) groups excluding carboxylic acids is 2. The van der Waals surface area contributed by atoms with E-state index in [-0.39, 0.29) is 23.5 Å². The van der Waals surface area contributed by atoms with E-state index in [1.807, 2.05) is 5.43 Å². The lowest BCUT2D eigenvalue weighted by Crippen LogP contribution is -2.30. The molecular formula is C17H24F2N4O3. The standard InChI is InChI=1S/C8H7FO.C7H7FN2O.C2H6O.H4N2/c1-6(10)7-4-2-3-5-8(7)9;8-6-4-2-1-3-5(6)7(11)10-9;1-2-3;1-2/h2-5H,1H3;1-4H,9H2,(H,10,11);3H,2H2,1H3;1-2H2. The van der Waals surface area contributed by atoms with Crippen molar-refractivity contribution in [2.75, 3.05) is 6.61 Å². The highest BCUT2D eigenvalue weighted by Gasteiger charge is 2.07. The van der Waals surface area contributed by atoms with Crippen LogP contribution < -0.4 is 23.0 Å². The number of hydrogen-bond donors (Lipinski definition) is 5. The van der Waals surface area contributed by atoms with E-state index in [9.17, 15) is 18.4 Å². The average Bonchev–Trinajstić information content (AvgIpc) is 2.64. The molecule has 9 heteroatoms. The second kappa shape index (κ2) is 15.8. The molecule has 7 nitrogen and oxygen atoms in total. The summed E-state index contributed by atoms with van der Waals surface area (Å²) in [6.07, 6.45) is 0. The first-order valence-corrected chi connectivity index (χ1v) is 7.34. The Kier molecular flexibility index (Phi) is 15.5. The number of amides is 1. The molecule has 2 aromatic rings. The summed E-state index contributed by atoms with van der Waals surface area (Å²) in [6.45, 7) is 3.28. The summed E-state index contributed by atoms with van der Waals surface area (Å²) in [6, 6.07) is 11.6. The van der Waals surface area contributed by atoms with Gasteiger partial charge in [0.05, 0.1) is 11.1 Å². The smallest absolute Gasteiger partial charge is 0.268 e. The Bertz CT molecular complexity index is 670. The number of hydrazine groups is 2. The summed E-state index contributed by atoms with van der Waals surface area (Å²) in [5.74, 6) is 10.9. The van der Waals surface area contributed by atoms with E-state index < -0.39 is 17.5 Å². The Morgan fingerprint density at radius 3 is 1.58 bits per heavy atom. The summed E-state index contributed by atoms with van der Waals surface area (Å²) < 4.78 is 25.3. The largest absolute Gasteiger partial charge is 0.397 e. The molecule has 2 aromatic carbocycles. The number of nitrogen functional groups attached to an aromatic ring is 1. The van der Waals surface area contributed by atoms with Crippen LogP contribution in [0.15, 0.2) is 48.5 Å². The maximum atomic E-state index is 12.7. The minimum absolute atomic E-state index is 0.0463. The number of carbonyl (C=O) groups is 2. The molecule has 144 valence electrons. The van der Waals surface area contributed by atoms with E-state index in [1.54, 1.807) is 25.1 Å². The highest BCUT2D eigenvalue weighted by atomic mass is 19.1. The van der Waals surface area contributed by atoms with Gasteiger partial charge in [-0.15, -0.1) is 0 Å². The van der Waals surface area contributed by atoms with Crippen molar-refractivity contribution in [2.24, 2.45) is 17.5 Å². The maximum absolute atomic E-state index is 12.7. The van der Waals surface area contributed by atoms with Crippen LogP contribution in [0.1, 0.15) is 34.6 Å². The van der Waals surface area contributed by atoms with Gasteiger partial charge in [0.25, 0.3) is 5.91 Å². The minimum atomic E-state index is -0.622. The second-order valence-electron chi connectivity index (χ2n) is 4.31. The van der Waals surface area contributed by atoms with Crippen LogP contribution in [0, 0.1) is 11.6 Å². The van der Waals surface area contributed by atoms with Crippen molar-refractivity contribution < 1.29 is 23.5 Å². The zero-order valence-electron chi connectivity index (χ0n) is 14.6. The fourth-order valence-electron chi connectivity index (χ4n) is 1.47. The quantitative estimate of drug-likeness (QED) is 0.233. The normalized spacial score (nSPS) is 8.46. The van der Waals surface area contributed by atoms with Gasteiger partial charge in [-0.05, 0) is 38.1 Å². The topological polar surface area (TPSA) is 144 Å². The number of hydrogen-bond acceptors (Lipinski definition) is 6. The van der Waals surface area contributed by atoms with E-state index in [0.29, 0.717) is 0 Å². The lowest BCUT2D eigenvalue weighted by Gasteiger charge is -1.98. The third-order valence-corrected chi connectivity index (χ3v) is 2.50. The summed E-state index contributed by atoms with van der Waals surface area (Å²) in [5.41, 5.74) is 1.95. The highest BCUT2D eigenvalue weighted by molar-refractivity contribution is 5.94. The monoisotopic (exact) mass is 370 g/mol. The van der Waals surface area contributed by atoms with Crippen molar-refractivity contribution in [3.63, 3.8) is 0 Å². The van der Waals surface area contributed by atoms with Gasteiger partial charge in [-0.2, -0.15) is 0 Å². The molecule has 0 bridgehead atoms. The predicted molar refractivity (Wildman–Crippen MR) is 95.6 cm³/mol. The molecule has 0 fully saturated rings. The van der Waals surface area contributed by atoms with Crippen LogP contribution in [0.5, 0.6) is 0 Å². The van der Waals surface area contributed by atoms with Crippen LogP contribution in [0.4, 0.5) is 8.78 Å². The van der Waals surface area contributed by atoms with Gasteiger partial charge < -0.3 is 5.11 Å². The van der Waals surface area contributed by atoms with E-state index in [1.165, 1.54) is 37.3 Å². The van der Waals surface area contributed by atoms with Gasteiger partial charge in [-0.25, -0.2) is 14.6 Å². The molecule has 0 unspecified atom stereocenters. The van der Waals surface area contributed by atoms with Gasteiger partial charge in [0, 0.05) is 6.61 Å². The summed E-state index contributed by atoms with van der Waals surface area (Å²) in [5, 5.41) is 7.57. The number of nitrogens with one attached hydrogen (secondary N) is 1. The minimum Gasteiger partial charge on any atom is -0.397 e. The maximum Gasteiger partial charge on any atom is 0.268 e. The van der Waals surface area contributed by atoms with Gasteiger partial charge >= 0.3 is 0 Å². The molecule has 0 aliphatic carbocycles. The van der Waals surface area contributed by atoms with E-state index >= 15 is 0 Å². The Labute approximate surface area is 150 Å². The molecular weight excluding hydrogens is 346 g/mol. The molecule has 26 heavy (non-hydrogen) atoms. The fraction of sp³-hybridized carbons (Fsp3) is 0.176. The lowest BCUT2D eigenvalue weighted by molar-refractivity contribution is 0.0948. The van der Waals surface area contributed by atoms with Gasteiger partial charge in [0.2, 0.25) is 0 Å². The number of halogens is 2. The van der Waals surface area contributed by atoms with Crippen molar-refractivity contribution in [3.8, 4) is 0 Å². The molecule has 0 aliphatic rings. The molecule has 0 radical (unpaired) electrons. The van der Waals surface area contributed by atoms with Gasteiger partial charge in [-0.1, -0.05) is 24.3 Å². The van der Waals surface area contributed by atoms with Gasteiger partial charge in [0.15, 0.2) is 5.78 Å². The molecule has 0 saturated carbocycles. The second-order valence-corrected chi connectivity index (χ2v) is 4.31. The lowest BCUT2D eigenvalue weighted by atomic mass is 10.1. The molecule has 0 aromatic heterocycles. The highest BCUT2D eigenvalue weighted by Crippen LogP contribution is 2.06. The summed E-state index contributed by atoms with van der Waals surface area (Å²) in [7, 11) is 0. The van der Waals surface area contributed by atoms with Crippen molar-refractivity contribution >= 4 is 11.7 Å². The van der Waals surface area contributed by atoms with Crippen LogP contribution in [0.2, 0.25) is 0 Å². The van der Waals surface area contributed by atoms with Crippen LogP contribution in [-0.2, 0) is 0 Å². The third kappa shape index (κ3) is 10.2. The summed E-state index contributed by atoms with van der Waals surface area (Å²) >= 11 is 0. The predicted octanol–water partition coefficient (Wildman–Crippen LogP) is 1.27. The third-order valence-electron chi connectivity index (χ3n) is 2.50.